The molecule has 56 valence electrons. The highest BCUT2D eigenvalue weighted by atomic mass is 16.5. The number of hydrogen-bond acceptors (Lipinski definition) is 3. The number of hydrogen-bond donors (Lipinski definition) is 1. The smallest absolute Gasteiger partial charge is 0.312 e. The van der Waals surface area contributed by atoms with Gasteiger partial charge in [0.2, 0.25) is 0 Å². The molecule has 0 spiro atoms. The highest BCUT2D eigenvalue weighted by Gasteiger charge is 1.97. The Morgan fingerprint density at radius 2 is 2.50 bits per heavy atom. The van der Waals surface area contributed by atoms with E-state index in [1.165, 1.54) is 6.33 Å². The van der Waals surface area contributed by atoms with Crippen molar-refractivity contribution in [1.29, 1.82) is 0 Å². The molecule has 0 saturated heterocycles. The Morgan fingerprint density at radius 1 is 1.70 bits per heavy atom. The van der Waals surface area contributed by atoms with Crippen LogP contribution >= 0.6 is 0 Å². The second-order valence-corrected chi connectivity index (χ2v) is 2.50. The Balaban J connectivity index is 2.28. The first-order chi connectivity index (χ1) is 4.79. The van der Waals surface area contributed by atoms with Crippen LogP contribution in [0.4, 0.5) is 0 Å². The van der Waals surface area contributed by atoms with Crippen LogP contribution in [0.3, 0.4) is 0 Å². The number of nitrogens with zero attached hydrogens (tertiary/aromatic N) is 2. The molecule has 0 atom stereocenters. The largest absolute Gasteiger partial charge is 0.464 e. The fourth-order valence-electron chi connectivity index (χ4n) is 0.509. The molecule has 1 aromatic rings. The molecule has 0 fully saturated rings. The summed E-state index contributed by atoms with van der Waals surface area (Å²) < 4.78 is 5.18. The number of aromatic nitrogens is 3. The summed E-state index contributed by atoms with van der Waals surface area (Å²) in [6.45, 7) is 4.84. The second-order valence-electron chi connectivity index (χ2n) is 2.50. The van der Waals surface area contributed by atoms with E-state index >= 15 is 0 Å². The van der Waals surface area contributed by atoms with E-state index < -0.39 is 0 Å². The Bertz CT molecular complexity index is 171. The second kappa shape index (κ2) is 3.20. The van der Waals surface area contributed by atoms with E-state index in [2.05, 4.69) is 29.0 Å². The lowest BCUT2D eigenvalue weighted by atomic mass is 10.2. The number of aromatic amines is 1. The quantitative estimate of drug-likeness (QED) is 0.678. The zero-order valence-corrected chi connectivity index (χ0v) is 6.16. The van der Waals surface area contributed by atoms with Crippen LogP contribution in [0.1, 0.15) is 13.8 Å². The van der Waals surface area contributed by atoms with Crippen LogP contribution in [0, 0.1) is 5.92 Å². The van der Waals surface area contributed by atoms with E-state index in [4.69, 9.17) is 4.74 Å². The predicted molar refractivity (Wildman–Crippen MR) is 36.7 cm³/mol. The van der Waals surface area contributed by atoms with Gasteiger partial charge in [0.15, 0.2) is 0 Å². The van der Waals surface area contributed by atoms with Gasteiger partial charge in [-0.1, -0.05) is 13.8 Å². The van der Waals surface area contributed by atoms with E-state index in [0.717, 1.165) is 0 Å². The van der Waals surface area contributed by atoms with Gasteiger partial charge in [-0.2, -0.15) is 10.1 Å². The third-order valence-corrected chi connectivity index (χ3v) is 0.946. The average molecular weight is 141 g/mol. The molecular formula is C6H11N3O. The van der Waals surface area contributed by atoms with Crippen LogP contribution < -0.4 is 4.74 Å². The Labute approximate surface area is 59.6 Å². The van der Waals surface area contributed by atoms with Gasteiger partial charge in [-0.05, 0) is 5.92 Å². The first-order valence-electron chi connectivity index (χ1n) is 3.27. The Kier molecular flexibility index (Phi) is 2.25. The summed E-state index contributed by atoms with van der Waals surface area (Å²) in [5.74, 6) is 0.519. The van der Waals surface area contributed by atoms with Crippen molar-refractivity contribution in [2.24, 2.45) is 5.92 Å². The van der Waals surface area contributed by atoms with Gasteiger partial charge in [-0.25, -0.2) is 5.10 Å². The molecule has 0 aliphatic heterocycles. The third kappa shape index (κ3) is 2.05. The van der Waals surface area contributed by atoms with Crippen molar-refractivity contribution in [2.45, 2.75) is 13.8 Å². The van der Waals surface area contributed by atoms with Crippen LogP contribution in [0.25, 0.3) is 0 Å². The van der Waals surface area contributed by atoms with Crippen molar-refractivity contribution >= 4 is 0 Å². The number of nitrogens with one attached hydrogen (secondary N) is 1. The molecule has 0 unspecified atom stereocenters. The van der Waals surface area contributed by atoms with Crippen molar-refractivity contribution < 1.29 is 4.74 Å². The molecular weight excluding hydrogens is 130 g/mol. The van der Waals surface area contributed by atoms with Crippen molar-refractivity contribution in [1.82, 2.24) is 15.2 Å². The molecule has 0 bridgehead atoms. The van der Waals surface area contributed by atoms with Crippen LogP contribution in [0.15, 0.2) is 6.33 Å². The SMILES string of the molecule is CC(C)COc1ncn[nH]1. The summed E-state index contributed by atoms with van der Waals surface area (Å²) in [5.41, 5.74) is 0. The lowest BCUT2D eigenvalue weighted by Crippen LogP contribution is -2.05. The molecule has 0 aromatic carbocycles. The van der Waals surface area contributed by atoms with E-state index in [-0.39, 0.29) is 0 Å². The van der Waals surface area contributed by atoms with Gasteiger partial charge in [0.05, 0.1) is 6.61 Å². The molecule has 0 aliphatic rings. The maximum atomic E-state index is 5.18. The maximum absolute atomic E-state index is 5.18. The minimum Gasteiger partial charge on any atom is -0.464 e. The Hall–Kier alpha value is -1.06. The van der Waals surface area contributed by atoms with Gasteiger partial charge in [-0.3, -0.25) is 0 Å². The summed E-state index contributed by atoms with van der Waals surface area (Å²) in [4.78, 5) is 3.80. The molecule has 1 aromatic heterocycles. The van der Waals surface area contributed by atoms with E-state index in [1.807, 2.05) is 0 Å². The monoisotopic (exact) mass is 141 g/mol. The van der Waals surface area contributed by atoms with Crippen LogP contribution in [-0.2, 0) is 0 Å². The number of ether oxygens (including phenoxy) is 1. The van der Waals surface area contributed by atoms with Gasteiger partial charge >= 0.3 is 6.01 Å². The molecule has 0 aliphatic carbocycles. The molecule has 1 N–H and O–H groups in total. The fraction of sp³-hybridized carbons (Fsp3) is 0.667. The molecule has 10 heavy (non-hydrogen) atoms. The van der Waals surface area contributed by atoms with Crippen molar-refractivity contribution in [2.75, 3.05) is 6.61 Å². The first kappa shape index (κ1) is 7.05. The predicted octanol–water partition coefficient (Wildman–Crippen LogP) is 0.839. The van der Waals surface area contributed by atoms with Crippen LogP contribution in [-0.4, -0.2) is 21.8 Å². The lowest BCUT2D eigenvalue weighted by molar-refractivity contribution is 0.252. The normalized spacial score (nSPS) is 10.3. The minimum atomic E-state index is 0.494. The zero-order chi connectivity index (χ0) is 7.40. The summed E-state index contributed by atoms with van der Waals surface area (Å²) in [6.07, 6.45) is 1.43. The van der Waals surface area contributed by atoms with Gasteiger partial charge < -0.3 is 4.74 Å². The zero-order valence-electron chi connectivity index (χ0n) is 6.16. The summed E-state index contributed by atoms with van der Waals surface area (Å²) >= 11 is 0. The molecule has 4 heteroatoms. The highest BCUT2D eigenvalue weighted by molar-refractivity contribution is 4.84. The molecule has 1 heterocycles. The molecule has 4 nitrogen and oxygen atoms in total. The first-order valence-corrected chi connectivity index (χ1v) is 3.27. The molecule has 0 radical (unpaired) electrons. The molecule has 0 saturated carbocycles. The maximum Gasteiger partial charge on any atom is 0.312 e. The van der Waals surface area contributed by atoms with Gasteiger partial charge in [0.25, 0.3) is 0 Å². The molecule has 0 amide bonds. The van der Waals surface area contributed by atoms with Gasteiger partial charge in [0, 0.05) is 0 Å². The molecule has 1 rings (SSSR count). The van der Waals surface area contributed by atoms with Gasteiger partial charge in [-0.15, -0.1) is 0 Å². The van der Waals surface area contributed by atoms with E-state index in [1.54, 1.807) is 0 Å². The van der Waals surface area contributed by atoms with Crippen molar-refractivity contribution in [3.8, 4) is 6.01 Å². The average Bonchev–Trinajstić information content (AvgIpc) is 2.34. The van der Waals surface area contributed by atoms with Crippen molar-refractivity contribution in [3.05, 3.63) is 6.33 Å². The van der Waals surface area contributed by atoms with Crippen LogP contribution in [0.5, 0.6) is 6.01 Å². The topological polar surface area (TPSA) is 50.8 Å². The summed E-state index contributed by atoms with van der Waals surface area (Å²) in [7, 11) is 0. The summed E-state index contributed by atoms with van der Waals surface area (Å²) in [5, 5.41) is 6.25. The van der Waals surface area contributed by atoms with E-state index in [9.17, 15) is 0 Å². The lowest BCUT2D eigenvalue weighted by Gasteiger charge is -2.03. The van der Waals surface area contributed by atoms with E-state index in [0.29, 0.717) is 18.5 Å². The highest BCUT2D eigenvalue weighted by Crippen LogP contribution is 1.99. The number of H-pyrrole nitrogens is 1. The standard InChI is InChI=1S/C6H11N3O/c1-5(2)3-10-6-7-4-8-9-6/h4-5H,3H2,1-2H3,(H,7,8,9). The minimum absolute atomic E-state index is 0.494. The van der Waals surface area contributed by atoms with Gasteiger partial charge in [0.1, 0.15) is 6.33 Å². The van der Waals surface area contributed by atoms with Crippen molar-refractivity contribution in [3.63, 3.8) is 0 Å². The van der Waals surface area contributed by atoms with Crippen LogP contribution in [0.2, 0.25) is 0 Å². The fourth-order valence-corrected chi connectivity index (χ4v) is 0.509. The third-order valence-electron chi connectivity index (χ3n) is 0.946. The number of rotatable bonds is 3. The summed E-state index contributed by atoms with van der Waals surface area (Å²) in [6, 6.07) is 0.494. The Morgan fingerprint density at radius 3 is 3.00 bits per heavy atom.